The number of aromatic nitrogens is 3. The van der Waals surface area contributed by atoms with Gasteiger partial charge in [0, 0.05) is 36.1 Å². The van der Waals surface area contributed by atoms with Crippen LogP contribution in [0.25, 0.3) is 10.9 Å². The minimum Gasteiger partial charge on any atom is -0.364 e. The lowest BCUT2D eigenvalue weighted by atomic mass is 10.0. The summed E-state index contributed by atoms with van der Waals surface area (Å²) >= 11 is 0. The number of benzene rings is 1. The number of ether oxygens (including phenoxy) is 2. The maximum absolute atomic E-state index is 11.9. The second-order valence-electron chi connectivity index (χ2n) is 7.34. The predicted molar refractivity (Wildman–Crippen MR) is 111 cm³/mol. The van der Waals surface area contributed by atoms with E-state index in [9.17, 15) is 10.1 Å². The van der Waals surface area contributed by atoms with Gasteiger partial charge in [-0.25, -0.2) is 9.97 Å². The molecule has 1 fully saturated rings. The first kappa shape index (κ1) is 18.8. The Kier molecular flexibility index (Phi) is 4.93. The number of para-hydroxylation sites is 1. The fourth-order valence-electron chi connectivity index (χ4n) is 4.15. The van der Waals surface area contributed by atoms with E-state index in [2.05, 4.69) is 26.3 Å². The average molecular weight is 410 g/mol. The van der Waals surface area contributed by atoms with Crippen LogP contribution in [0, 0.1) is 10.1 Å². The van der Waals surface area contributed by atoms with Crippen LogP contribution >= 0.6 is 0 Å². The molecular formula is C20H22N6O4. The first-order valence-corrected chi connectivity index (χ1v) is 10.0. The van der Waals surface area contributed by atoms with Crippen LogP contribution in [0.4, 0.5) is 17.3 Å². The molecule has 10 heteroatoms. The zero-order valence-corrected chi connectivity index (χ0v) is 16.3. The molecule has 3 aromatic rings. The third-order valence-corrected chi connectivity index (χ3v) is 5.53. The van der Waals surface area contributed by atoms with E-state index < -0.39 is 4.92 Å². The number of rotatable bonds is 6. The quantitative estimate of drug-likeness (QED) is 0.470. The van der Waals surface area contributed by atoms with Crippen LogP contribution in [-0.4, -0.2) is 52.5 Å². The minimum absolute atomic E-state index is 0.106. The Morgan fingerprint density at radius 2 is 2.10 bits per heavy atom. The Hall–Kier alpha value is -3.24. The number of hydrogen-bond donors (Lipinski definition) is 2. The smallest absolute Gasteiger partial charge is 0.353 e. The SMILES string of the molecule is O=[N+]([O-])c1c(NCCC2OCCO2)ncnc1N1CCc2c([nH]c3ccccc23)C1. The maximum atomic E-state index is 11.9. The summed E-state index contributed by atoms with van der Waals surface area (Å²) in [5, 5.41) is 16.2. The van der Waals surface area contributed by atoms with Crippen molar-refractivity contribution in [3.05, 3.63) is 52.0 Å². The molecule has 0 bridgehead atoms. The number of H-pyrrole nitrogens is 1. The van der Waals surface area contributed by atoms with Crippen molar-refractivity contribution in [2.75, 3.05) is 36.5 Å². The highest BCUT2D eigenvalue weighted by molar-refractivity contribution is 5.85. The van der Waals surface area contributed by atoms with Crippen LogP contribution in [-0.2, 0) is 22.4 Å². The van der Waals surface area contributed by atoms with E-state index in [-0.39, 0.29) is 17.8 Å². The predicted octanol–water partition coefficient (Wildman–Crippen LogP) is 2.60. The zero-order valence-electron chi connectivity index (χ0n) is 16.3. The Labute approximate surface area is 172 Å². The monoisotopic (exact) mass is 410 g/mol. The topological polar surface area (TPSA) is 118 Å². The third kappa shape index (κ3) is 3.44. The standard InChI is InChI=1S/C20H22N6O4/c27-26(28)18-19(21-7-5-17-29-9-10-30-17)22-12-23-20(18)25-8-6-14-13-3-1-2-4-15(13)24-16(14)11-25/h1-4,12,17,24H,5-11H2,(H,21,22,23). The van der Waals surface area contributed by atoms with Crippen molar-refractivity contribution in [2.24, 2.45) is 0 Å². The Bertz CT molecular complexity index is 1080. The molecule has 0 saturated carbocycles. The molecule has 0 amide bonds. The summed E-state index contributed by atoms with van der Waals surface area (Å²) in [4.78, 5) is 25.2. The fourth-order valence-corrected chi connectivity index (χ4v) is 4.15. The molecule has 4 heterocycles. The molecule has 2 aliphatic heterocycles. The Morgan fingerprint density at radius 3 is 2.93 bits per heavy atom. The highest BCUT2D eigenvalue weighted by Gasteiger charge is 2.30. The third-order valence-electron chi connectivity index (χ3n) is 5.53. The van der Waals surface area contributed by atoms with Gasteiger partial charge in [-0.2, -0.15) is 0 Å². The highest BCUT2D eigenvalue weighted by atomic mass is 16.7. The molecule has 5 rings (SSSR count). The molecule has 0 atom stereocenters. The van der Waals surface area contributed by atoms with Crippen molar-refractivity contribution in [3.63, 3.8) is 0 Å². The first-order chi connectivity index (χ1) is 14.7. The number of nitrogens with zero attached hydrogens (tertiary/aromatic N) is 4. The van der Waals surface area contributed by atoms with E-state index in [0.29, 0.717) is 45.1 Å². The van der Waals surface area contributed by atoms with Crippen molar-refractivity contribution in [2.45, 2.75) is 25.7 Å². The van der Waals surface area contributed by atoms with Gasteiger partial charge in [0.1, 0.15) is 6.33 Å². The molecule has 0 spiro atoms. The summed E-state index contributed by atoms with van der Waals surface area (Å²) in [5.41, 5.74) is 3.32. The van der Waals surface area contributed by atoms with Crippen LogP contribution in [0.15, 0.2) is 30.6 Å². The van der Waals surface area contributed by atoms with Crippen molar-refractivity contribution >= 4 is 28.2 Å². The minimum atomic E-state index is -0.416. The second-order valence-corrected chi connectivity index (χ2v) is 7.34. The lowest BCUT2D eigenvalue weighted by Crippen LogP contribution is -2.31. The van der Waals surface area contributed by atoms with Crippen LogP contribution in [0.5, 0.6) is 0 Å². The van der Waals surface area contributed by atoms with Gasteiger partial charge in [-0.05, 0) is 18.1 Å². The number of aromatic amines is 1. The molecule has 2 N–H and O–H groups in total. The lowest BCUT2D eigenvalue weighted by Gasteiger charge is -2.28. The molecule has 0 unspecified atom stereocenters. The Morgan fingerprint density at radius 1 is 1.27 bits per heavy atom. The van der Waals surface area contributed by atoms with Crippen LogP contribution < -0.4 is 10.2 Å². The van der Waals surface area contributed by atoms with Crippen LogP contribution in [0.3, 0.4) is 0 Å². The van der Waals surface area contributed by atoms with Crippen molar-refractivity contribution < 1.29 is 14.4 Å². The van der Waals surface area contributed by atoms with E-state index in [4.69, 9.17) is 9.47 Å². The molecule has 1 aromatic carbocycles. The molecule has 0 aliphatic carbocycles. The number of nitro groups is 1. The van der Waals surface area contributed by atoms with Crippen molar-refractivity contribution in [1.82, 2.24) is 15.0 Å². The van der Waals surface area contributed by atoms with E-state index in [1.54, 1.807) is 0 Å². The van der Waals surface area contributed by atoms with Gasteiger partial charge < -0.3 is 24.7 Å². The van der Waals surface area contributed by atoms with Gasteiger partial charge in [0.25, 0.3) is 0 Å². The highest BCUT2D eigenvalue weighted by Crippen LogP contribution is 2.36. The van der Waals surface area contributed by atoms with E-state index in [0.717, 1.165) is 17.6 Å². The summed E-state index contributed by atoms with van der Waals surface area (Å²) in [6, 6.07) is 8.17. The largest absolute Gasteiger partial charge is 0.364 e. The number of anilines is 2. The van der Waals surface area contributed by atoms with Crippen LogP contribution in [0.1, 0.15) is 17.7 Å². The molecular weight excluding hydrogens is 388 g/mol. The van der Waals surface area contributed by atoms with Gasteiger partial charge in [0.2, 0.25) is 11.6 Å². The summed E-state index contributed by atoms with van der Waals surface area (Å²) in [6.45, 7) is 2.79. The normalized spacial score (nSPS) is 16.7. The van der Waals surface area contributed by atoms with E-state index >= 15 is 0 Å². The molecule has 10 nitrogen and oxygen atoms in total. The van der Waals surface area contributed by atoms with Gasteiger partial charge in [-0.1, -0.05) is 18.2 Å². The van der Waals surface area contributed by atoms with Gasteiger partial charge >= 0.3 is 5.69 Å². The molecule has 2 aliphatic rings. The van der Waals surface area contributed by atoms with Gasteiger partial charge in [0.15, 0.2) is 6.29 Å². The van der Waals surface area contributed by atoms with Crippen molar-refractivity contribution in [3.8, 4) is 0 Å². The lowest BCUT2D eigenvalue weighted by molar-refractivity contribution is -0.383. The summed E-state index contributed by atoms with van der Waals surface area (Å²) in [5.74, 6) is 0.542. The number of hydrogen-bond acceptors (Lipinski definition) is 8. The molecule has 0 radical (unpaired) electrons. The second kappa shape index (κ2) is 7.88. The molecule has 156 valence electrons. The molecule has 2 aromatic heterocycles. The summed E-state index contributed by atoms with van der Waals surface area (Å²) < 4.78 is 10.8. The fraction of sp³-hybridized carbons (Fsp3) is 0.400. The summed E-state index contributed by atoms with van der Waals surface area (Å²) in [7, 11) is 0. The summed E-state index contributed by atoms with van der Waals surface area (Å²) in [6.07, 6.45) is 2.46. The number of nitrogens with one attached hydrogen (secondary N) is 2. The van der Waals surface area contributed by atoms with Gasteiger partial charge in [-0.3, -0.25) is 10.1 Å². The van der Waals surface area contributed by atoms with E-state index in [1.807, 2.05) is 23.1 Å². The van der Waals surface area contributed by atoms with Gasteiger partial charge in [-0.15, -0.1) is 0 Å². The average Bonchev–Trinajstić information content (AvgIpc) is 3.40. The molecule has 1 saturated heterocycles. The van der Waals surface area contributed by atoms with Crippen LogP contribution in [0.2, 0.25) is 0 Å². The van der Waals surface area contributed by atoms with Crippen molar-refractivity contribution in [1.29, 1.82) is 0 Å². The van der Waals surface area contributed by atoms with E-state index in [1.165, 1.54) is 17.3 Å². The number of fused-ring (bicyclic) bond motifs is 3. The Balaban J connectivity index is 1.39. The van der Waals surface area contributed by atoms with Gasteiger partial charge in [0.05, 0.1) is 24.7 Å². The maximum Gasteiger partial charge on any atom is 0.353 e. The first-order valence-electron chi connectivity index (χ1n) is 10.0. The zero-order chi connectivity index (χ0) is 20.5. The molecule has 30 heavy (non-hydrogen) atoms.